The third kappa shape index (κ3) is 4.13. The van der Waals surface area contributed by atoms with E-state index in [-0.39, 0.29) is 0 Å². The largest absolute Gasteiger partial charge is 0.497 e. The van der Waals surface area contributed by atoms with Crippen LogP contribution in [-0.2, 0) is 0 Å². The quantitative estimate of drug-likeness (QED) is 0.704. The molecule has 1 rings (SSSR count). The monoisotopic (exact) mass is 243 g/mol. The maximum Gasteiger partial charge on any atom is 0.119 e. The minimum Gasteiger partial charge on any atom is -0.497 e. The van der Waals surface area contributed by atoms with Crippen LogP contribution in [0.4, 0.5) is 5.69 Å². The number of nitrogens with zero attached hydrogens (tertiary/aromatic N) is 1. The molecule has 0 radical (unpaired) electrons. The second-order valence-corrected chi connectivity index (χ2v) is 4.03. The van der Waals surface area contributed by atoms with Crippen molar-refractivity contribution in [2.45, 2.75) is 6.92 Å². The molecule has 0 aliphatic heterocycles. The lowest BCUT2D eigenvalue weighted by Crippen LogP contribution is -2.19. The average Bonchev–Trinajstić information content (AvgIpc) is 2.39. The van der Waals surface area contributed by atoms with Gasteiger partial charge >= 0.3 is 0 Å². The Morgan fingerprint density at radius 2 is 2.00 bits per heavy atom. The van der Waals surface area contributed by atoms with Gasteiger partial charge in [-0.2, -0.15) is 0 Å². The Labute approximate surface area is 110 Å². The van der Waals surface area contributed by atoms with E-state index in [1.807, 2.05) is 37.3 Å². The Hall–Kier alpha value is -1.96. The molecular formula is C16H21NO. The number of benzene rings is 1. The minimum atomic E-state index is 0.850. The second-order valence-electron chi connectivity index (χ2n) is 4.03. The summed E-state index contributed by atoms with van der Waals surface area (Å²) in [5, 5.41) is 0. The van der Waals surface area contributed by atoms with Gasteiger partial charge in [0.05, 0.1) is 7.11 Å². The van der Waals surface area contributed by atoms with Gasteiger partial charge < -0.3 is 9.64 Å². The Bertz CT molecular complexity index is 429. The number of allylic oxidation sites excluding steroid dienone is 3. The van der Waals surface area contributed by atoms with Crippen molar-refractivity contribution in [2.24, 2.45) is 0 Å². The first kappa shape index (κ1) is 14.1. The van der Waals surface area contributed by atoms with Crippen LogP contribution >= 0.6 is 0 Å². The van der Waals surface area contributed by atoms with Crippen LogP contribution in [0.5, 0.6) is 5.75 Å². The van der Waals surface area contributed by atoms with Crippen molar-refractivity contribution < 1.29 is 4.74 Å². The van der Waals surface area contributed by atoms with Crippen LogP contribution < -0.4 is 9.64 Å². The molecule has 0 heterocycles. The van der Waals surface area contributed by atoms with Crippen LogP contribution in [0.3, 0.4) is 0 Å². The van der Waals surface area contributed by atoms with Crippen molar-refractivity contribution in [3.05, 3.63) is 60.7 Å². The van der Waals surface area contributed by atoms with Crippen LogP contribution in [0.1, 0.15) is 6.92 Å². The third-order valence-electron chi connectivity index (χ3n) is 2.65. The summed E-state index contributed by atoms with van der Waals surface area (Å²) in [5.74, 6) is 0.877. The molecule has 1 aromatic carbocycles. The highest BCUT2D eigenvalue weighted by atomic mass is 16.5. The van der Waals surface area contributed by atoms with Gasteiger partial charge in [-0.1, -0.05) is 30.9 Å². The molecule has 0 fully saturated rings. The van der Waals surface area contributed by atoms with Gasteiger partial charge in [-0.25, -0.2) is 0 Å². The number of hydrogen-bond donors (Lipinski definition) is 0. The van der Waals surface area contributed by atoms with Crippen molar-refractivity contribution in [1.29, 1.82) is 0 Å². The zero-order valence-electron chi connectivity index (χ0n) is 11.4. The topological polar surface area (TPSA) is 12.5 Å². The predicted octanol–water partition coefficient (Wildman–Crippen LogP) is 3.82. The fourth-order valence-electron chi connectivity index (χ4n) is 1.73. The lowest BCUT2D eigenvalue weighted by atomic mass is 10.2. The summed E-state index contributed by atoms with van der Waals surface area (Å²) < 4.78 is 5.15. The molecule has 96 valence electrons. The highest BCUT2D eigenvalue weighted by molar-refractivity contribution is 5.50. The summed E-state index contributed by atoms with van der Waals surface area (Å²) in [6.07, 6.45) is 7.98. The van der Waals surface area contributed by atoms with Gasteiger partial charge in [-0.15, -0.1) is 0 Å². The van der Waals surface area contributed by atoms with Crippen LogP contribution in [0.2, 0.25) is 0 Å². The van der Waals surface area contributed by atoms with Gasteiger partial charge in [0.1, 0.15) is 5.75 Å². The maximum absolute atomic E-state index is 5.15. The molecule has 0 spiro atoms. The maximum atomic E-state index is 5.15. The van der Waals surface area contributed by atoms with E-state index in [0.717, 1.165) is 18.0 Å². The van der Waals surface area contributed by atoms with Crippen molar-refractivity contribution in [3.8, 4) is 5.75 Å². The molecule has 0 unspecified atom stereocenters. The van der Waals surface area contributed by atoms with Gasteiger partial charge in [0.25, 0.3) is 0 Å². The smallest absolute Gasteiger partial charge is 0.119 e. The molecule has 0 atom stereocenters. The zero-order chi connectivity index (χ0) is 13.4. The highest BCUT2D eigenvalue weighted by Crippen LogP contribution is 2.19. The first-order valence-corrected chi connectivity index (χ1v) is 6.00. The van der Waals surface area contributed by atoms with Crippen molar-refractivity contribution >= 4 is 5.69 Å². The van der Waals surface area contributed by atoms with E-state index in [0.29, 0.717) is 0 Å². The van der Waals surface area contributed by atoms with Gasteiger partial charge in [-0.05, 0) is 36.8 Å². The van der Waals surface area contributed by atoms with Gasteiger partial charge in [0.2, 0.25) is 0 Å². The number of anilines is 1. The summed E-state index contributed by atoms with van der Waals surface area (Å²) in [6.45, 7) is 6.61. The van der Waals surface area contributed by atoms with E-state index in [2.05, 4.69) is 36.7 Å². The SMILES string of the molecule is C=C/C=C(\C=C/C)CN(C)c1ccc(OC)cc1. The molecule has 0 saturated carbocycles. The van der Waals surface area contributed by atoms with E-state index in [1.165, 1.54) is 5.57 Å². The third-order valence-corrected chi connectivity index (χ3v) is 2.65. The molecule has 2 heteroatoms. The Kier molecular flexibility index (Phi) is 5.78. The second kappa shape index (κ2) is 7.38. The van der Waals surface area contributed by atoms with E-state index in [9.17, 15) is 0 Å². The molecular weight excluding hydrogens is 222 g/mol. The van der Waals surface area contributed by atoms with Crippen molar-refractivity contribution in [3.63, 3.8) is 0 Å². The number of rotatable bonds is 6. The molecule has 0 bridgehead atoms. The van der Waals surface area contributed by atoms with E-state index in [4.69, 9.17) is 4.74 Å². The number of ether oxygens (including phenoxy) is 1. The number of likely N-dealkylation sites (N-methyl/N-ethyl adjacent to an activating group) is 1. The number of methoxy groups -OCH3 is 1. The first-order chi connectivity index (χ1) is 8.71. The standard InChI is InChI=1S/C16H21NO/c1-5-7-14(8-6-2)13-17(3)15-9-11-16(18-4)12-10-15/h5-12H,1,13H2,2-4H3/b8-6-,14-7+. The zero-order valence-corrected chi connectivity index (χ0v) is 11.4. The lowest BCUT2D eigenvalue weighted by Gasteiger charge is -2.20. The average molecular weight is 243 g/mol. The molecule has 0 aliphatic rings. The minimum absolute atomic E-state index is 0.850. The molecule has 18 heavy (non-hydrogen) atoms. The van der Waals surface area contributed by atoms with Gasteiger partial charge in [0, 0.05) is 19.3 Å². The summed E-state index contributed by atoms with van der Waals surface area (Å²) in [7, 11) is 3.75. The lowest BCUT2D eigenvalue weighted by molar-refractivity contribution is 0.415. The first-order valence-electron chi connectivity index (χ1n) is 6.00. The number of hydrogen-bond acceptors (Lipinski definition) is 2. The van der Waals surface area contributed by atoms with E-state index >= 15 is 0 Å². The van der Waals surface area contributed by atoms with Crippen LogP contribution in [0, 0.1) is 0 Å². The fourth-order valence-corrected chi connectivity index (χ4v) is 1.73. The Morgan fingerprint density at radius 1 is 1.33 bits per heavy atom. The predicted molar refractivity (Wildman–Crippen MR) is 79.4 cm³/mol. The molecule has 0 aromatic heterocycles. The fraction of sp³-hybridized carbons (Fsp3) is 0.250. The Balaban J connectivity index is 2.76. The molecule has 0 N–H and O–H groups in total. The molecule has 2 nitrogen and oxygen atoms in total. The molecule has 1 aromatic rings. The highest BCUT2D eigenvalue weighted by Gasteiger charge is 2.02. The van der Waals surface area contributed by atoms with Gasteiger partial charge in [-0.3, -0.25) is 0 Å². The molecule has 0 saturated heterocycles. The van der Waals surface area contributed by atoms with Gasteiger partial charge in [0.15, 0.2) is 0 Å². The Morgan fingerprint density at radius 3 is 2.50 bits per heavy atom. The van der Waals surface area contributed by atoms with E-state index < -0.39 is 0 Å². The van der Waals surface area contributed by atoms with Crippen molar-refractivity contribution in [2.75, 3.05) is 25.6 Å². The normalized spacial score (nSPS) is 11.6. The van der Waals surface area contributed by atoms with Crippen LogP contribution in [0.15, 0.2) is 60.7 Å². The summed E-state index contributed by atoms with van der Waals surface area (Å²) >= 11 is 0. The summed E-state index contributed by atoms with van der Waals surface area (Å²) in [6, 6.07) is 8.05. The van der Waals surface area contributed by atoms with Crippen LogP contribution in [-0.4, -0.2) is 20.7 Å². The van der Waals surface area contributed by atoms with Crippen molar-refractivity contribution in [1.82, 2.24) is 0 Å². The summed E-state index contributed by atoms with van der Waals surface area (Å²) in [4.78, 5) is 2.19. The van der Waals surface area contributed by atoms with E-state index in [1.54, 1.807) is 7.11 Å². The molecule has 0 amide bonds. The summed E-state index contributed by atoms with van der Waals surface area (Å²) in [5.41, 5.74) is 2.39. The molecule has 0 aliphatic carbocycles. The van der Waals surface area contributed by atoms with Crippen LogP contribution in [0.25, 0.3) is 0 Å².